The Morgan fingerprint density at radius 2 is 1.67 bits per heavy atom. The van der Waals surface area contributed by atoms with E-state index < -0.39 is 0 Å². The molecule has 1 aliphatic carbocycles. The predicted octanol–water partition coefficient (Wildman–Crippen LogP) is 4.61. The third-order valence-corrected chi connectivity index (χ3v) is 5.16. The largest absolute Gasteiger partial charge is 0.283 e. The lowest BCUT2D eigenvalue weighted by Crippen LogP contribution is -1.95. The summed E-state index contributed by atoms with van der Waals surface area (Å²) in [5.41, 5.74) is 7.44. The normalized spacial score (nSPS) is 12.8. The number of hydrogen-bond acceptors (Lipinski definition) is 2. The van der Waals surface area contributed by atoms with Crippen LogP contribution >= 0.6 is 0 Å². The summed E-state index contributed by atoms with van der Waals surface area (Å²) in [4.78, 5) is 9.25. The van der Waals surface area contributed by atoms with Crippen molar-refractivity contribution in [1.29, 1.82) is 0 Å². The number of benzene rings is 2. The second-order valence-corrected chi connectivity index (χ2v) is 6.34. The van der Waals surface area contributed by atoms with Crippen molar-refractivity contribution >= 4 is 27.5 Å². The third kappa shape index (κ3) is 1.38. The van der Waals surface area contributed by atoms with Crippen LogP contribution in [-0.2, 0) is 6.42 Å². The molecule has 0 bridgehead atoms. The molecule has 0 saturated heterocycles. The van der Waals surface area contributed by atoms with E-state index in [9.17, 15) is 0 Å². The maximum Gasteiger partial charge on any atom is 0.146 e. The number of fused-ring (bicyclic) bond motifs is 10. The Kier molecular flexibility index (Phi) is 2.15. The average Bonchev–Trinajstić information content (AvgIpc) is 3.26. The van der Waals surface area contributed by atoms with Crippen molar-refractivity contribution in [3.63, 3.8) is 0 Å². The molecule has 3 heteroatoms. The summed E-state index contributed by atoms with van der Waals surface area (Å²) in [6.45, 7) is 0. The van der Waals surface area contributed by atoms with Crippen LogP contribution in [0.4, 0.5) is 0 Å². The van der Waals surface area contributed by atoms with Gasteiger partial charge in [-0.3, -0.25) is 4.40 Å². The molecule has 2 aromatic carbocycles. The van der Waals surface area contributed by atoms with E-state index in [1.807, 2.05) is 24.7 Å². The zero-order valence-corrected chi connectivity index (χ0v) is 12.9. The summed E-state index contributed by atoms with van der Waals surface area (Å²) in [7, 11) is 0. The molecule has 0 unspecified atom stereocenters. The molecule has 0 N–H and O–H groups in total. The van der Waals surface area contributed by atoms with Gasteiger partial charge < -0.3 is 0 Å². The molecule has 1 aliphatic rings. The SMILES string of the molecule is c1ccc2c(c1)Cc1c-2ccc2c3cccnc3n3ccnc3c12. The van der Waals surface area contributed by atoms with Crippen molar-refractivity contribution in [2.45, 2.75) is 6.42 Å². The first kappa shape index (κ1) is 12.3. The molecular weight excluding hydrogens is 294 g/mol. The lowest BCUT2D eigenvalue weighted by atomic mass is 9.98. The van der Waals surface area contributed by atoms with Crippen LogP contribution in [0.15, 0.2) is 67.1 Å². The fourth-order valence-corrected chi connectivity index (χ4v) is 4.15. The average molecular weight is 307 g/mol. The molecule has 0 aliphatic heterocycles. The van der Waals surface area contributed by atoms with Gasteiger partial charge in [0.15, 0.2) is 0 Å². The summed E-state index contributed by atoms with van der Waals surface area (Å²) in [5, 5.41) is 3.68. The molecule has 3 aromatic heterocycles. The van der Waals surface area contributed by atoms with Gasteiger partial charge in [-0.05, 0) is 46.2 Å². The van der Waals surface area contributed by atoms with Gasteiger partial charge in [0.05, 0.1) is 0 Å². The van der Waals surface area contributed by atoms with Gasteiger partial charge in [0.2, 0.25) is 0 Å². The van der Waals surface area contributed by atoms with Crippen molar-refractivity contribution in [2.24, 2.45) is 0 Å². The Morgan fingerprint density at radius 1 is 0.750 bits per heavy atom. The number of nitrogens with zero attached hydrogens (tertiary/aromatic N) is 3. The summed E-state index contributed by atoms with van der Waals surface area (Å²) in [6, 6.07) is 17.3. The highest BCUT2D eigenvalue weighted by Gasteiger charge is 2.23. The fraction of sp³-hybridized carbons (Fsp3) is 0.0476. The lowest BCUT2D eigenvalue weighted by molar-refractivity contribution is 1.19. The van der Waals surface area contributed by atoms with Crippen molar-refractivity contribution in [1.82, 2.24) is 14.4 Å². The van der Waals surface area contributed by atoms with Crippen molar-refractivity contribution in [2.75, 3.05) is 0 Å². The van der Waals surface area contributed by atoms with Crippen LogP contribution in [0.2, 0.25) is 0 Å². The van der Waals surface area contributed by atoms with Gasteiger partial charge >= 0.3 is 0 Å². The molecule has 0 amide bonds. The van der Waals surface area contributed by atoms with Gasteiger partial charge in [-0.15, -0.1) is 0 Å². The number of aromatic nitrogens is 3. The first-order valence-corrected chi connectivity index (χ1v) is 8.15. The first-order chi connectivity index (χ1) is 11.9. The van der Waals surface area contributed by atoms with E-state index in [1.54, 1.807) is 0 Å². The molecule has 6 rings (SSSR count). The van der Waals surface area contributed by atoms with Crippen LogP contribution in [-0.4, -0.2) is 14.4 Å². The molecule has 0 radical (unpaired) electrons. The number of imidazole rings is 1. The van der Waals surface area contributed by atoms with Crippen molar-refractivity contribution in [3.8, 4) is 11.1 Å². The van der Waals surface area contributed by atoms with Crippen LogP contribution in [0, 0.1) is 0 Å². The molecule has 24 heavy (non-hydrogen) atoms. The first-order valence-electron chi connectivity index (χ1n) is 8.15. The van der Waals surface area contributed by atoms with Gasteiger partial charge in [-0.1, -0.05) is 36.4 Å². The predicted molar refractivity (Wildman–Crippen MR) is 96.2 cm³/mol. The molecule has 0 spiro atoms. The highest BCUT2D eigenvalue weighted by Crippen LogP contribution is 2.42. The summed E-state index contributed by atoms with van der Waals surface area (Å²) >= 11 is 0. The maximum absolute atomic E-state index is 4.66. The van der Waals surface area contributed by atoms with Crippen LogP contribution in [0.1, 0.15) is 11.1 Å². The van der Waals surface area contributed by atoms with Gasteiger partial charge in [0.25, 0.3) is 0 Å². The van der Waals surface area contributed by atoms with Crippen LogP contribution in [0.25, 0.3) is 38.6 Å². The quantitative estimate of drug-likeness (QED) is 0.384. The zero-order chi connectivity index (χ0) is 15.7. The third-order valence-electron chi connectivity index (χ3n) is 5.16. The summed E-state index contributed by atoms with van der Waals surface area (Å²) in [6.07, 6.45) is 6.68. The molecule has 0 atom stereocenters. The van der Waals surface area contributed by atoms with E-state index in [-0.39, 0.29) is 0 Å². The van der Waals surface area contributed by atoms with E-state index in [2.05, 4.69) is 56.8 Å². The Labute approximate surface area is 138 Å². The summed E-state index contributed by atoms with van der Waals surface area (Å²) in [5.74, 6) is 0. The second-order valence-electron chi connectivity index (χ2n) is 6.34. The highest BCUT2D eigenvalue weighted by atomic mass is 15.0. The zero-order valence-electron chi connectivity index (χ0n) is 12.9. The second kappa shape index (κ2) is 4.20. The number of rotatable bonds is 0. The highest BCUT2D eigenvalue weighted by molar-refractivity contribution is 6.14. The van der Waals surface area contributed by atoms with E-state index in [0.717, 1.165) is 17.7 Å². The molecule has 112 valence electrons. The van der Waals surface area contributed by atoms with Crippen molar-refractivity contribution < 1.29 is 0 Å². The minimum atomic E-state index is 0.966. The van der Waals surface area contributed by atoms with E-state index >= 15 is 0 Å². The molecule has 0 fully saturated rings. The fourth-order valence-electron chi connectivity index (χ4n) is 4.15. The van der Waals surface area contributed by atoms with E-state index in [0.29, 0.717) is 0 Å². The maximum atomic E-state index is 4.66. The lowest BCUT2D eigenvalue weighted by Gasteiger charge is -2.11. The van der Waals surface area contributed by atoms with E-state index in [4.69, 9.17) is 0 Å². The molecule has 3 heterocycles. The van der Waals surface area contributed by atoms with Crippen LogP contribution in [0.3, 0.4) is 0 Å². The minimum absolute atomic E-state index is 0.966. The monoisotopic (exact) mass is 307 g/mol. The van der Waals surface area contributed by atoms with Crippen molar-refractivity contribution in [3.05, 3.63) is 78.2 Å². The smallest absolute Gasteiger partial charge is 0.146 e. The Hall–Kier alpha value is -3.20. The Morgan fingerprint density at radius 3 is 2.67 bits per heavy atom. The van der Waals surface area contributed by atoms with Gasteiger partial charge in [-0.25, -0.2) is 9.97 Å². The minimum Gasteiger partial charge on any atom is -0.283 e. The Balaban J connectivity index is 1.88. The molecule has 5 aromatic rings. The molecular formula is C21H13N3. The number of pyridine rings is 2. The topological polar surface area (TPSA) is 30.2 Å². The Bertz CT molecular complexity index is 1280. The molecule has 3 nitrogen and oxygen atoms in total. The standard InChI is InChI=1S/C21H13N3/c1-2-5-14-13(4-1)12-18-15(14)7-8-16-17-6-3-9-22-20(17)24-11-10-23-21(24)19(16)18/h1-11H,12H2. The van der Waals surface area contributed by atoms with Gasteiger partial charge in [0.1, 0.15) is 11.3 Å². The molecule has 0 saturated carbocycles. The number of hydrogen-bond donors (Lipinski definition) is 0. The van der Waals surface area contributed by atoms with Crippen LogP contribution < -0.4 is 0 Å². The van der Waals surface area contributed by atoms with Gasteiger partial charge in [0, 0.05) is 29.4 Å². The van der Waals surface area contributed by atoms with Gasteiger partial charge in [-0.2, -0.15) is 0 Å². The van der Waals surface area contributed by atoms with Crippen LogP contribution in [0.5, 0.6) is 0 Å². The van der Waals surface area contributed by atoms with E-state index in [1.165, 1.54) is 38.4 Å². The summed E-state index contributed by atoms with van der Waals surface area (Å²) < 4.78 is 2.11.